The van der Waals surface area contributed by atoms with Gasteiger partial charge >= 0.3 is 5.97 Å². The monoisotopic (exact) mass is 405 g/mol. The van der Waals surface area contributed by atoms with Crippen molar-refractivity contribution in [3.05, 3.63) is 28.2 Å². The van der Waals surface area contributed by atoms with Crippen molar-refractivity contribution in [2.24, 2.45) is 0 Å². The summed E-state index contributed by atoms with van der Waals surface area (Å²) in [5.74, 6) is -0.545. The highest BCUT2D eigenvalue weighted by atomic mass is 35.5. The molecule has 1 N–H and O–H groups in total. The average Bonchev–Trinajstić information content (AvgIpc) is 3.00. The maximum absolute atomic E-state index is 12.1. The van der Waals surface area contributed by atoms with Crippen molar-refractivity contribution in [2.45, 2.75) is 12.2 Å². The van der Waals surface area contributed by atoms with Crippen molar-refractivity contribution >= 4 is 63.3 Å². The fourth-order valence-electron chi connectivity index (χ4n) is 1.58. The zero-order valence-electron chi connectivity index (χ0n) is 12.7. The summed E-state index contributed by atoms with van der Waals surface area (Å²) in [5, 5.41) is 12.1. The van der Waals surface area contributed by atoms with Gasteiger partial charge in [0.05, 0.1) is 23.1 Å². The van der Waals surface area contributed by atoms with E-state index in [4.69, 9.17) is 23.2 Å². The van der Waals surface area contributed by atoms with Gasteiger partial charge in [0.15, 0.2) is 5.01 Å². The maximum atomic E-state index is 12.1. The van der Waals surface area contributed by atoms with E-state index in [1.54, 1.807) is 25.1 Å². The second-order valence-corrected chi connectivity index (χ2v) is 7.71. The normalized spacial score (nSPS) is 11.8. The summed E-state index contributed by atoms with van der Waals surface area (Å²) in [6.45, 7) is 1.70. The molecule has 24 heavy (non-hydrogen) atoms. The second kappa shape index (κ2) is 8.66. The highest BCUT2D eigenvalue weighted by molar-refractivity contribution is 8.01. The molecule has 0 aliphatic carbocycles. The standard InChI is InChI=1S/C14H13Cl2N3O3S2/c1-7(23-6-11(20)22-2)12(21)17-14-19-18-13(24-14)9-4-3-8(15)5-10(9)16/h3-5,7H,6H2,1-2H3,(H,17,19,21)/t7-/m1/s1. The summed E-state index contributed by atoms with van der Waals surface area (Å²) >= 11 is 14.4. The van der Waals surface area contributed by atoms with E-state index in [0.717, 1.165) is 0 Å². The fourth-order valence-corrected chi connectivity index (χ4v) is 3.63. The van der Waals surface area contributed by atoms with Crippen molar-refractivity contribution < 1.29 is 14.3 Å². The number of hydrogen-bond acceptors (Lipinski definition) is 7. The Balaban J connectivity index is 2.00. The first-order valence-corrected chi connectivity index (χ1v) is 9.31. The Labute approximate surface area is 156 Å². The molecular weight excluding hydrogens is 393 g/mol. The van der Waals surface area contributed by atoms with E-state index in [2.05, 4.69) is 20.3 Å². The molecule has 1 aromatic carbocycles. The molecule has 1 heterocycles. The molecule has 1 amide bonds. The first-order chi connectivity index (χ1) is 11.4. The maximum Gasteiger partial charge on any atom is 0.315 e. The van der Waals surface area contributed by atoms with Crippen LogP contribution in [0.2, 0.25) is 10.0 Å². The smallest absolute Gasteiger partial charge is 0.315 e. The van der Waals surface area contributed by atoms with Gasteiger partial charge < -0.3 is 4.74 Å². The van der Waals surface area contributed by atoms with Crippen LogP contribution in [-0.2, 0) is 14.3 Å². The average molecular weight is 406 g/mol. The van der Waals surface area contributed by atoms with E-state index in [0.29, 0.717) is 25.7 Å². The summed E-state index contributed by atoms with van der Waals surface area (Å²) in [4.78, 5) is 23.2. The number of aromatic nitrogens is 2. The number of hydrogen-bond donors (Lipinski definition) is 1. The molecule has 0 radical (unpaired) electrons. The Morgan fingerprint density at radius 3 is 2.79 bits per heavy atom. The Hall–Kier alpha value is -1.35. The summed E-state index contributed by atoms with van der Waals surface area (Å²) < 4.78 is 4.54. The third kappa shape index (κ3) is 5.07. The number of rotatable bonds is 6. The van der Waals surface area contributed by atoms with Crippen molar-refractivity contribution in [3.8, 4) is 10.6 Å². The topological polar surface area (TPSA) is 81.2 Å². The van der Waals surface area contributed by atoms with Gasteiger partial charge in [0.2, 0.25) is 11.0 Å². The van der Waals surface area contributed by atoms with Crippen molar-refractivity contribution in [1.82, 2.24) is 10.2 Å². The van der Waals surface area contributed by atoms with Gasteiger partial charge in [-0.15, -0.1) is 22.0 Å². The number of esters is 1. The molecule has 6 nitrogen and oxygen atoms in total. The fraction of sp³-hybridized carbons (Fsp3) is 0.286. The van der Waals surface area contributed by atoms with Gasteiger partial charge in [-0.05, 0) is 25.1 Å². The minimum atomic E-state index is -0.435. The van der Waals surface area contributed by atoms with E-state index >= 15 is 0 Å². The molecule has 128 valence electrons. The minimum Gasteiger partial charge on any atom is -0.468 e. The number of methoxy groups -OCH3 is 1. The minimum absolute atomic E-state index is 0.104. The number of nitrogens with zero attached hydrogens (tertiary/aromatic N) is 2. The van der Waals surface area contributed by atoms with Gasteiger partial charge in [0, 0.05) is 10.6 Å². The van der Waals surface area contributed by atoms with Gasteiger partial charge in [-0.2, -0.15) is 0 Å². The van der Waals surface area contributed by atoms with E-state index in [1.807, 2.05) is 0 Å². The molecule has 2 rings (SSSR count). The summed E-state index contributed by atoms with van der Waals surface area (Å²) in [5.41, 5.74) is 0.687. The van der Waals surface area contributed by atoms with Crippen LogP contribution in [0.5, 0.6) is 0 Å². The molecule has 0 bridgehead atoms. The molecule has 10 heteroatoms. The molecule has 0 saturated carbocycles. The number of nitrogens with one attached hydrogen (secondary N) is 1. The van der Waals surface area contributed by atoms with Crippen LogP contribution in [0.4, 0.5) is 5.13 Å². The lowest BCUT2D eigenvalue weighted by Gasteiger charge is -2.08. The lowest BCUT2D eigenvalue weighted by atomic mass is 10.2. The number of thioether (sulfide) groups is 1. The first kappa shape index (κ1) is 19.0. The quantitative estimate of drug-likeness (QED) is 0.736. The van der Waals surface area contributed by atoms with Crippen LogP contribution in [0, 0.1) is 0 Å². The molecule has 0 aliphatic rings. The van der Waals surface area contributed by atoms with Crippen molar-refractivity contribution in [1.29, 1.82) is 0 Å². The lowest BCUT2D eigenvalue weighted by Crippen LogP contribution is -2.23. The third-order valence-electron chi connectivity index (χ3n) is 2.86. The molecule has 0 spiro atoms. The zero-order valence-corrected chi connectivity index (χ0v) is 15.9. The summed E-state index contributed by atoms with van der Waals surface area (Å²) in [7, 11) is 1.30. The van der Waals surface area contributed by atoms with Crippen molar-refractivity contribution in [2.75, 3.05) is 18.2 Å². The number of benzene rings is 1. The molecule has 0 fully saturated rings. The molecule has 1 atom stereocenters. The highest BCUT2D eigenvalue weighted by Gasteiger charge is 2.18. The van der Waals surface area contributed by atoms with Crippen LogP contribution in [0.3, 0.4) is 0 Å². The Kier molecular flexibility index (Phi) is 6.85. The Morgan fingerprint density at radius 1 is 1.38 bits per heavy atom. The number of carbonyl (C=O) groups is 2. The van der Waals surface area contributed by atoms with Gasteiger partial charge in [-0.3, -0.25) is 14.9 Å². The molecule has 0 unspecified atom stereocenters. The van der Waals surface area contributed by atoms with Gasteiger partial charge in [-0.1, -0.05) is 34.5 Å². The van der Waals surface area contributed by atoms with E-state index < -0.39 is 5.25 Å². The number of halogens is 2. The predicted octanol–water partition coefficient (Wildman–Crippen LogP) is 3.75. The molecule has 0 saturated heterocycles. The van der Waals surface area contributed by atoms with Gasteiger partial charge in [0.25, 0.3) is 0 Å². The third-order valence-corrected chi connectivity index (χ3v) is 5.40. The number of anilines is 1. The predicted molar refractivity (Wildman–Crippen MR) is 97.9 cm³/mol. The Bertz CT molecular complexity index is 755. The second-order valence-electron chi connectivity index (χ2n) is 4.56. The summed E-state index contributed by atoms with van der Waals surface area (Å²) in [6, 6.07) is 5.06. The SMILES string of the molecule is COC(=O)CS[C@H](C)C(=O)Nc1nnc(-c2ccc(Cl)cc2Cl)s1. The van der Waals surface area contributed by atoms with Crippen LogP contribution in [0.25, 0.3) is 10.6 Å². The summed E-state index contributed by atoms with van der Waals surface area (Å²) in [6.07, 6.45) is 0. The number of carbonyl (C=O) groups excluding carboxylic acids is 2. The Morgan fingerprint density at radius 2 is 2.12 bits per heavy atom. The lowest BCUT2D eigenvalue weighted by molar-refractivity contribution is -0.137. The van der Waals surface area contributed by atoms with E-state index in [1.165, 1.54) is 30.2 Å². The van der Waals surface area contributed by atoms with Crippen LogP contribution in [0.1, 0.15) is 6.92 Å². The van der Waals surface area contributed by atoms with Crippen LogP contribution >= 0.6 is 46.3 Å². The molecule has 0 aliphatic heterocycles. The molecule has 1 aromatic heterocycles. The molecule has 2 aromatic rings. The van der Waals surface area contributed by atoms with Crippen LogP contribution in [-0.4, -0.2) is 40.2 Å². The number of amides is 1. The van der Waals surface area contributed by atoms with Crippen molar-refractivity contribution in [3.63, 3.8) is 0 Å². The van der Waals surface area contributed by atoms with Crippen LogP contribution < -0.4 is 5.32 Å². The molecular formula is C14H13Cl2N3O3S2. The zero-order chi connectivity index (χ0) is 17.7. The van der Waals surface area contributed by atoms with E-state index in [9.17, 15) is 9.59 Å². The van der Waals surface area contributed by atoms with Crippen LogP contribution in [0.15, 0.2) is 18.2 Å². The highest BCUT2D eigenvalue weighted by Crippen LogP contribution is 2.33. The van der Waals surface area contributed by atoms with Gasteiger partial charge in [0.1, 0.15) is 0 Å². The number of ether oxygens (including phenoxy) is 1. The largest absolute Gasteiger partial charge is 0.468 e. The first-order valence-electron chi connectivity index (χ1n) is 6.69. The van der Waals surface area contributed by atoms with Gasteiger partial charge in [-0.25, -0.2) is 0 Å². The van der Waals surface area contributed by atoms with E-state index in [-0.39, 0.29) is 17.6 Å².